The number of nitrogens with one attached hydrogen (secondary N) is 2. The Balaban J connectivity index is 1.70. The van der Waals surface area contributed by atoms with E-state index in [-0.39, 0.29) is 18.1 Å². The lowest BCUT2D eigenvalue weighted by Crippen LogP contribution is -2.50. The number of piperidine rings is 1. The van der Waals surface area contributed by atoms with Crippen molar-refractivity contribution in [2.24, 2.45) is 0 Å². The van der Waals surface area contributed by atoms with E-state index < -0.39 is 10.8 Å². The van der Waals surface area contributed by atoms with Crippen molar-refractivity contribution in [2.45, 2.75) is 31.8 Å². The van der Waals surface area contributed by atoms with Crippen molar-refractivity contribution >= 4 is 33.3 Å². The van der Waals surface area contributed by atoms with Gasteiger partial charge in [0.2, 0.25) is 0 Å². The van der Waals surface area contributed by atoms with E-state index in [4.69, 9.17) is 0 Å². The highest BCUT2D eigenvalue weighted by atomic mass is 32.2. The number of urea groups is 1. The summed E-state index contributed by atoms with van der Waals surface area (Å²) in [5.41, 5.74) is 0. The first-order valence-electron chi connectivity index (χ1n) is 7.06. The van der Waals surface area contributed by atoms with Gasteiger partial charge in [-0.25, -0.2) is 9.78 Å². The summed E-state index contributed by atoms with van der Waals surface area (Å²) in [5.74, 6) is 0.482. The minimum Gasteiger partial charge on any atom is -0.348 e. The van der Waals surface area contributed by atoms with Gasteiger partial charge in [-0.2, -0.15) is 0 Å². The molecule has 6 nitrogen and oxygen atoms in total. The van der Waals surface area contributed by atoms with Crippen molar-refractivity contribution in [3.8, 4) is 0 Å². The predicted octanol–water partition coefficient (Wildman–Crippen LogP) is 1.18. The Bertz CT molecular complexity index is 473. The lowest BCUT2D eigenvalue weighted by atomic mass is 10.1. The summed E-state index contributed by atoms with van der Waals surface area (Å²) in [6.07, 6.45) is 5.30. The van der Waals surface area contributed by atoms with Crippen molar-refractivity contribution in [2.75, 3.05) is 30.0 Å². The van der Waals surface area contributed by atoms with Gasteiger partial charge in [-0.05, 0) is 19.8 Å². The first-order chi connectivity index (χ1) is 10.0. The molecule has 2 amide bonds. The second-order valence-corrected chi connectivity index (χ2v) is 7.69. The Kier molecular flexibility index (Phi) is 5.98. The van der Waals surface area contributed by atoms with E-state index in [1.54, 1.807) is 17.6 Å². The van der Waals surface area contributed by atoms with E-state index in [9.17, 15) is 9.00 Å². The number of carbonyl (C=O) groups excluding carboxylic acids is 1. The van der Waals surface area contributed by atoms with Crippen LogP contribution in [0.3, 0.4) is 0 Å². The molecule has 2 atom stereocenters. The lowest BCUT2D eigenvalue weighted by Gasteiger charge is -2.32. The molecule has 0 unspecified atom stereocenters. The van der Waals surface area contributed by atoms with Crippen molar-refractivity contribution in [3.05, 3.63) is 11.6 Å². The zero-order valence-electron chi connectivity index (χ0n) is 12.4. The molecule has 0 aromatic carbocycles. The van der Waals surface area contributed by atoms with Gasteiger partial charge in [-0.15, -0.1) is 11.3 Å². The standard InChI is InChI=1S/C13H22N4O2S2/c1-10(9-21(2)19)15-12(18)16-11-3-6-17(7-4-11)13-14-5-8-20-13/h5,8,10-11H,3-4,6-7,9H2,1-2H3,(H2,15,16,18)/t10-,21-/m1/s1. The molecule has 118 valence electrons. The number of hydrogen-bond acceptors (Lipinski definition) is 5. The molecular formula is C13H22N4O2S2. The topological polar surface area (TPSA) is 74.3 Å². The van der Waals surface area contributed by atoms with E-state index in [0.717, 1.165) is 31.1 Å². The molecule has 1 aromatic rings. The number of thiazole rings is 1. The van der Waals surface area contributed by atoms with Crippen LogP contribution in [0.25, 0.3) is 0 Å². The SMILES string of the molecule is C[C@H](C[S@@](C)=O)NC(=O)NC1CCN(c2nccs2)CC1. The van der Waals surface area contributed by atoms with E-state index in [1.807, 2.05) is 18.5 Å². The molecule has 1 aliphatic heterocycles. The first kappa shape index (κ1) is 16.2. The minimum atomic E-state index is -0.896. The fourth-order valence-corrected chi connectivity index (χ4v) is 3.92. The third-order valence-corrected chi connectivity index (χ3v) is 5.18. The third-order valence-electron chi connectivity index (χ3n) is 3.38. The van der Waals surface area contributed by atoms with Gasteiger partial charge < -0.3 is 15.5 Å². The van der Waals surface area contributed by atoms with Gasteiger partial charge in [0, 0.05) is 59.6 Å². The Labute approximate surface area is 131 Å². The van der Waals surface area contributed by atoms with Crippen LogP contribution < -0.4 is 15.5 Å². The number of anilines is 1. The highest BCUT2D eigenvalue weighted by Crippen LogP contribution is 2.21. The zero-order valence-corrected chi connectivity index (χ0v) is 14.0. The van der Waals surface area contributed by atoms with Gasteiger partial charge in [0.15, 0.2) is 5.13 Å². The van der Waals surface area contributed by atoms with Crippen molar-refractivity contribution in [3.63, 3.8) is 0 Å². The number of amides is 2. The largest absolute Gasteiger partial charge is 0.348 e. The van der Waals surface area contributed by atoms with Crippen LogP contribution in [0.4, 0.5) is 9.93 Å². The average molecular weight is 330 g/mol. The highest BCUT2D eigenvalue weighted by molar-refractivity contribution is 7.84. The maximum absolute atomic E-state index is 11.9. The maximum atomic E-state index is 11.9. The summed E-state index contributed by atoms with van der Waals surface area (Å²) < 4.78 is 11.1. The van der Waals surface area contributed by atoms with Crippen LogP contribution in [0.2, 0.25) is 0 Å². The molecule has 0 aliphatic carbocycles. The van der Waals surface area contributed by atoms with Crippen LogP contribution in [0.15, 0.2) is 11.6 Å². The third kappa shape index (κ3) is 5.28. The number of rotatable bonds is 5. The molecule has 1 aromatic heterocycles. The molecule has 1 saturated heterocycles. The summed E-state index contributed by atoms with van der Waals surface area (Å²) in [6.45, 7) is 3.69. The molecule has 2 heterocycles. The molecule has 8 heteroatoms. The molecule has 1 fully saturated rings. The summed E-state index contributed by atoms with van der Waals surface area (Å²) in [7, 11) is -0.896. The summed E-state index contributed by atoms with van der Waals surface area (Å²) in [4.78, 5) is 18.4. The molecule has 2 N–H and O–H groups in total. The Hall–Kier alpha value is -1.15. The van der Waals surface area contributed by atoms with Gasteiger partial charge in [0.25, 0.3) is 0 Å². The first-order valence-corrected chi connectivity index (χ1v) is 9.67. The molecule has 0 spiro atoms. The van der Waals surface area contributed by atoms with Gasteiger partial charge in [0.1, 0.15) is 0 Å². The van der Waals surface area contributed by atoms with Gasteiger partial charge in [-0.3, -0.25) is 4.21 Å². The summed E-state index contributed by atoms with van der Waals surface area (Å²) >= 11 is 1.64. The maximum Gasteiger partial charge on any atom is 0.315 e. The van der Waals surface area contributed by atoms with E-state index >= 15 is 0 Å². The monoisotopic (exact) mass is 330 g/mol. The number of carbonyl (C=O) groups is 1. The Morgan fingerprint density at radius 1 is 1.57 bits per heavy atom. The van der Waals surface area contributed by atoms with Crippen LogP contribution in [-0.2, 0) is 10.8 Å². The van der Waals surface area contributed by atoms with Crippen LogP contribution >= 0.6 is 11.3 Å². The van der Waals surface area contributed by atoms with E-state index in [0.29, 0.717) is 5.75 Å². The zero-order chi connectivity index (χ0) is 15.2. The molecular weight excluding hydrogens is 308 g/mol. The number of aromatic nitrogens is 1. The van der Waals surface area contributed by atoms with Gasteiger partial charge in [0.05, 0.1) is 0 Å². The Morgan fingerprint density at radius 2 is 2.29 bits per heavy atom. The second kappa shape index (κ2) is 7.74. The fraction of sp³-hybridized carbons (Fsp3) is 0.692. The summed E-state index contributed by atoms with van der Waals surface area (Å²) in [5, 5.41) is 8.86. The van der Waals surface area contributed by atoms with Gasteiger partial charge >= 0.3 is 6.03 Å². The highest BCUT2D eigenvalue weighted by Gasteiger charge is 2.22. The van der Waals surface area contributed by atoms with Crippen molar-refractivity contribution < 1.29 is 9.00 Å². The van der Waals surface area contributed by atoms with Crippen LogP contribution in [0, 0.1) is 0 Å². The quantitative estimate of drug-likeness (QED) is 0.850. The second-order valence-electron chi connectivity index (χ2n) is 5.33. The van der Waals surface area contributed by atoms with Crippen LogP contribution in [0.1, 0.15) is 19.8 Å². The van der Waals surface area contributed by atoms with Crippen LogP contribution in [0.5, 0.6) is 0 Å². The molecule has 1 aliphatic rings. The molecule has 0 saturated carbocycles. The molecule has 21 heavy (non-hydrogen) atoms. The van der Waals surface area contributed by atoms with E-state index in [2.05, 4.69) is 20.5 Å². The number of nitrogens with zero attached hydrogens (tertiary/aromatic N) is 2. The predicted molar refractivity (Wildman–Crippen MR) is 87.4 cm³/mol. The fourth-order valence-electron chi connectivity index (χ4n) is 2.43. The molecule has 0 bridgehead atoms. The van der Waals surface area contributed by atoms with Crippen LogP contribution in [-0.4, -0.2) is 52.4 Å². The molecule has 2 rings (SSSR count). The molecule has 0 radical (unpaired) electrons. The lowest BCUT2D eigenvalue weighted by molar-refractivity contribution is 0.232. The normalized spacial score (nSPS) is 19.0. The van der Waals surface area contributed by atoms with Crippen molar-refractivity contribution in [1.82, 2.24) is 15.6 Å². The van der Waals surface area contributed by atoms with E-state index in [1.165, 1.54) is 0 Å². The summed E-state index contributed by atoms with van der Waals surface area (Å²) in [6, 6.07) is -0.0487. The van der Waals surface area contributed by atoms with Gasteiger partial charge in [-0.1, -0.05) is 0 Å². The van der Waals surface area contributed by atoms with Crippen molar-refractivity contribution in [1.29, 1.82) is 0 Å². The number of hydrogen-bond donors (Lipinski definition) is 2. The smallest absolute Gasteiger partial charge is 0.315 e. The average Bonchev–Trinajstić information content (AvgIpc) is 2.92. The Morgan fingerprint density at radius 3 is 2.86 bits per heavy atom. The minimum absolute atomic E-state index is 0.0776.